The minimum atomic E-state index is -0.0804. The summed E-state index contributed by atoms with van der Waals surface area (Å²) in [7, 11) is 0. The molecule has 2 aliphatic heterocycles. The standard InChI is InChI=1S/C65H75BN2S/c1-38-29-46-49(64(13,14)27-25-61(46,7)8)35-52(38)67-54-37-57-43(41-19-17-18-20-56(41)69-57)34-51(54)66-58-44(30-39(31-55(58)67)59(2,3)4)42-33-48-50(65(15,16)28-26-63(48,11)12)36-53(42)68(66)40-21-22-45-47(32-40)62(9,10)24-23-60(45,5)6/h17-22,29-37H,23-28H2,1-16H3. The van der Waals surface area contributed by atoms with E-state index < -0.39 is 0 Å². The average molecular weight is 927 g/mol. The van der Waals surface area contributed by atoms with Gasteiger partial charge in [-0.15, -0.1) is 11.3 Å². The van der Waals surface area contributed by atoms with Gasteiger partial charge in [-0.3, -0.25) is 0 Å². The predicted octanol–water partition coefficient (Wildman–Crippen LogP) is 17.4. The SMILES string of the molecule is Cc1cc2c(cc1N1c3cc4sc5ccccc5c4cc3B3c4c(cc(C(C)(C)C)cc41)-c1cc4c(cc1N3c1ccc3c(c1)C(C)(C)CCC3(C)C)C(C)(C)CCC4(C)C)C(C)(C)CCC2(C)C. The molecule has 0 atom stereocenters. The third-order valence-corrected chi connectivity index (χ3v) is 20.0. The number of hydrogen-bond acceptors (Lipinski definition) is 3. The summed E-state index contributed by atoms with van der Waals surface area (Å²) in [5.41, 5.74) is 24.5. The van der Waals surface area contributed by atoms with E-state index in [1.807, 2.05) is 11.3 Å². The fraction of sp³-hybridized carbons (Fsp3) is 0.446. The lowest BCUT2D eigenvalue weighted by molar-refractivity contribution is 0.332. The Hall–Kier alpha value is -4.80. The summed E-state index contributed by atoms with van der Waals surface area (Å²) in [6.45, 7) is 39.4. The first-order valence-corrected chi connectivity index (χ1v) is 27.2. The van der Waals surface area contributed by atoms with Crippen LogP contribution in [0, 0.1) is 6.92 Å². The summed E-state index contributed by atoms with van der Waals surface area (Å²) in [5.74, 6) is 0. The van der Waals surface area contributed by atoms with Gasteiger partial charge in [-0.2, -0.15) is 0 Å². The molecule has 5 aliphatic rings. The van der Waals surface area contributed by atoms with Crippen LogP contribution < -0.4 is 20.6 Å². The van der Waals surface area contributed by atoms with Crippen molar-refractivity contribution < 1.29 is 0 Å². The number of rotatable bonds is 2. The zero-order valence-corrected chi connectivity index (χ0v) is 45.6. The van der Waals surface area contributed by atoms with Gasteiger partial charge in [0.15, 0.2) is 0 Å². The van der Waals surface area contributed by atoms with Crippen LogP contribution in [0.1, 0.15) is 187 Å². The van der Waals surface area contributed by atoms with Crippen LogP contribution in [0.4, 0.5) is 28.4 Å². The Morgan fingerprint density at radius 3 is 1.61 bits per heavy atom. The van der Waals surface area contributed by atoms with E-state index in [0.717, 1.165) is 0 Å². The van der Waals surface area contributed by atoms with Gasteiger partial charge in [0.05, 0.1) is 0 Å². The average Bonchev–Trinajstić information content (AvgIpc) is 3.64. The number of thiophene rings is 1. The van der Waals surface area contributed by atoms with Gasteiger partial charge in [0.1, 0.15) is 0 Å². The summed E-state index contributed by atoms with van der Waals surface area (Å²) >= 11 is 1.95. The molecule has 4 heteroatoms. The van der Waals surface area contributed by atoms with Crippen LogP contribution in [0.15, 0.2) is 91.0 Å². The highest BCUT2D eigenvalue weighted by Crippen LogP contribution is 2.57. The third kappa shape index (κ3) is 6.54. The molecule has 0 spiro atoms. The number of benzene rings is 6. The van der Waals surface area contributed by atoms with Crippen LogP contribution in [-0.4, -0.2) is 6.85 Å². The second-order valence-electron chi connectivity index (χ2n) is 27.5. The van der Waals surface area contributed by atoms with Crippen molar-refractivity contribution in [1.29, 1.82) is 0 Å². The van der Waals surface area contributed by atoms with E-state index >= 15 is 0 Å². The van der Waals surface area contributed by atoms with E-state index in [0.29, 0.717) is 0 Å². The molecule has 69 heavy (non-hydrogen) atoms. The smallest absolute Gasteiger partial charge is 0.333 e. The van der Waals surface area contributed by atoms with Crippen LogP contribution in [-0.2, 0) is 37.9 Å². The summed E-state index contributed by atoms with van der Waals surface area (Å²) in [6.07, 6.45) is 7.14. The van der Waals surface area contributed by atoms with Crippen molar-refractivity contribution in [2.45, 2.75) is 187 Å². The molecule has 0 amide bonds. The molecule has 0 unspecified atom stereocenters. The highest BCUT2D eigenvalue weighted by molar-refractivity contribution is 7.26. The van der Waals surface area contributed by atoms with Gasteiger partial charge in [0.2, 0.25) is 0 Å². The normalized spacial score (nSPS) is 20.7. The Balaban J connectivity index is 1.25. The van der Waals surface area contributed by atoms with E-state index in [1.54, 1.807) is 0 Å². The van der Waals surface area contributed by atoms with Crippen molar-refractivity contribution in [3.8, 4) is 11.1 Å². The number of aryl methyl sites for hydroxylation is 1. The molecule has 12 rings (SSSR count). The highest BCUT2D eigenvalue weighted by Gasteiger charge is 2.49. The molecular weight excluding hydrogens is 852 g/mol. The Kier molecular flexibility index (Phi) is 9.34. The van der Waals surface area contributed by atoms with Crippen molar-refractivity contribution in [3.05, 3.63) is 136 Å². The number of hydrogen-bond donors (Lipinski definition) is 0. The molecule has 0 radical (unpaired) electrons. The summed E-state index contributed by atoms with van der Waals surface area (Å²) in [5, 5.41) is 2.72. The maximum atomic E-state index is 2.84. The Morgan fingerprint density at radius 2 is 1.00 bits per heavy atom. The first-order chi connectivity index (χ1) is 32.2. The molecular formula is C65H75BN2S. The number of anilines is 5. The lowest BCUT2D eigenvalue weighted by Gasteiger charge is -2.49. The monoisotopic (exact) mass is 927 g/mol. The van der Waals surface area contributed by atoms with Crippen LogP contribution in [0.5, 0.6) is 0 Å². The van der Waals surface area contributed by atoms with Gasteiger partial charge in [-0.1, -0.05) is 146 Å². The third-order valence-electron chi connectivity index (χ3n) is 18.9. The summed E-state index contributed by atoms with van der Waals surface area (Å²) in [6, 6.07) is 37.9. The largest absolute Gasteiger partial charge is 0.376 e. The second kappa shape index (κ2) is 14.2. The van der Waals surface area contributed by atoms with Crippen molar-refractivity contribution in [3.63, 3.8) is 0 Å². The lowest BCUT2D eigenvalue weighted by Crippen LogP contribution is -2.62. The van der Waals surface area contributed by atoms with Crippen molar-refractivity contribution in [1.82, 2.24) is 0 Å². The van der Waals surface area contributed by atoms with Crippen molar-refractivity contribution >= 4 is 77.7 Å². The molecule has 354 valence electrons. The quantitative estimate of drug-likeness (QED) is 0.159. The molecule has 0 N–H and O–H groups in total. The highest BCUT2D eigenvalue weighted by atomic mass is 32.1. The molecule has 7 aromatic rings. The van der Waals surface area contributed by atoms with E-state index in [1.165, 1.54) is 154 Å². The first-order valence-electron chi connectivity index (χ1n) is 26.4. The van der Waals surface area contributed by atoms with Gasteiger partial charge < -0.3 is 9.71 Å². The van der Waals surface area contributed by atoms with Gasteiger partial charge in [-0.25, -0.2) is 0 Å². The molecule has 2 nitrogen and oxygen atoms in total. The minimum Gasteiger partial charge on any atom is -0.376 e. The van der Waals surface area contributed by atoms with E-state index in [9.17, 15) is 0 Å². The van der Waals surface area contributed by atoms with E-state index in [2.05, 4.69) is 211 Å². The lowest BCUT2D eigenvalue weighted by atomic mass is 9.43. The zero-order valence-electron chi connectivity index (χ0n) is 44.8. The molecule has 3 aliphatic carbocycles. The molecule has 1 aromatic heterocycles. The van der Waals surface area contributed by atoms with Crippen LogP contribution in [0.25, 0.3) is 31.3 Å². The molecule has 0 fully saturated rings. The van der Waals surface area contributed by atoms with Gasteiger partial charge >= 0.3 is 6.85 Å². The summed E-state index contributed by atoms with van der Waals surface area (Å²) < 4.78 is 2.71. The van der Waals surface area contributed by atoms with Gasteiger partial charge in [-0.05, 0) is 193 Å². The maximum Gasteiger partial charge on any atom is 0.333 e. The summed E-state index contributed by atoms with van der Waals surface area (Å²) in [4.78, 5) is 5.60. The zero-order chi connectivity index (χ0) is 48.9. The number of nitrogens with zero attached hydrogens (tertiary/aromatic N) is 2. The van der Waals surface area contributed by atoms with Crippen LogP contribution >= 0.6 is 11.3 Å². The fourth-order valence-corrected chi connectivity index (χ4v) is 15.0. The maximum absolute atomic E-state index is 2.84. The Morgan fingerprint density at radius 1 is 0.464 bits per heavy atom. The Labute approximate surface area is 419 Å². The van der Waals surface area contributed by atoms with Crippen LogP contribution in [0.2, 0.25) is 0 Å². The van der Waals surface area contributed by atoms with Crippen molar-refractivity contribution in [2.75, 3.05) is 9.71 Å². The molecule has 6 aromatic carbocycles. The van der Waals surface area contributed by atoms with Gasteiger partial charge in [0.25, 0.3) is 0 Å². The molecule has 0 bridgehead atoms. The molecule has 0 saturated heterocycles. The van der Waals surface area contributed by atoms with Crippen molar-refractivity contribution in [2.24, 2.45) is 0 Å². The molecule has 3 heterocycles. The second-order valence-corrected chi connectivity index (χ2v) is 28.5. The molecule has 0 saturated carbocycles. The van der Waals surface area contributed by atoms with Gasteiger partial charge in [0, 0.05) is 54.2 Å². The predicted molar refractivity (Wildman–Crippen MR) is 302 cm³/mol. The van der Waals surface area contributed by atoms with E-state index in [4.69, 9.17) is 0 Å². The Bertz CT molecular complexity index is 3360. The topological polar surface area (TPSA) is 6.48 Å². The minimum absolute atomic E-state index is 0.0570. The first kappa shape index (κ1) is 45.4. The fourth-order valence-electron chi connectivity index (χ4n) is 13.9. The van der Waals surface area contributed by atoms with E-state index in [-0.39, 0.29) is 44.8 Å². The van der Waals surface area contributed by atoms with Crippen LogP contribution in [0.3, 0.4) is 0 Å². The number of fused-ring (bicyclic) bond motifs is 10.